The second kappa shape index (κ2) is 7.78. The minimum Gasteiger partial charge on any atom is -0.490 e. The van der Waals surface area contributed by atoms with Crippen LogP contribution in [0.3, 0.4) is 0 Å². The SMILES string of the molecule is CN1c2ccccc2C(O)(c2ccccc2)c2cccc(OCCN3CCCC3)c21. The summed E-state index contributed by atoms with van der Waals surface area (Å²) < 4.78 is 6.29. The smallest absolute Gasteiger partial charge is 0.144 e. The maximum Gasteiger partial charge on any atom is 0.144 e. The van der Waals surface area contributed by atoms with E-state index in [9.17, 15) is 5.11 Å². The monoisotopic (exact) mass is 400 g/mol. The summed E-state index contributed by atoms with van der Waals surface area (Å²) in [6, 6.07) is 24.0. The van der Waals surface area contributed by atoms with Gasteiger partial charge in [0.25, 0.3) is 0 Å². The summed E-state index contributed by atoms with van der Waals surface area (Å²) in [5.74, 6) is 0.818. The van der Waals surface area contributed by atoms with Gasteiger partial charge in [-0.3, -0.25) is 4.90 Å². The molecule has 2 heterocycles. The fourth-order valence-corrected chi connectivity index (χ4v) is 4.90. The number of likely N-dealkylation sites (tertiary alicyclic amines) is 1. The number of anilines is 2. The topological polar surface area (TPSA) is 35.9 Å². The number of hydrogen-bond donors (Lipinski definition) is 1. The van der Waals surface area contributed by atoms with E-state index in [1.54, 1.807) is 0 Å². The number of rotatable bonds is 5. The van der Waals surface area contributed by atoms with Gasteiger partial charge in [0.1, 0.15) is 18.0 Å². The van der Waals surface area contributed by atoms with E-state index < -0.39 is 5.60 Å². The van der Waals surface area contributed by atoms with Gasteiger partial charge in [-0.05, 0) is 43.6 Å². The first-order chi connectivity index (χ1) is 14.7. The zero-order valence-electron chi connectivity index (χ0n) is 17.4. The Labute approximate surface area is 178 Å². The van der Waals surface area contributed by atoms with Crippen LogP contribution in [0.15, 0.2) is 72.8 Å². The van der Waals surface area contributed by atoms with Gasteiger partial charge in [-0.1, -0.05) is 60.7 Å². The van der Waals surface area contributed by atoms with E-state index in [1.807, 2.05) is 66.7 Å². The number of benzene rings is 3. The molecule has 1 N–H and O–H groups in total. The summed E-state index contributed by atoms with van der Waals surface area (Å²) >= 11 is 0. The second-order valence-electron chi connectivity index (χ2n) is 8.20. The molecule has 1 unspecified atom stereocenters. The Kier molecular flexibility index (Phi) is 4.97. The lowest BCUT2D eigenvalue weighted by atomic mass is 9.76. The van der Waals surface area contributed by atoms with Gasteiger partial charge >= 0.3 is 0 Å². The number of fused-ring (bicyclic) bond motifs is 2. The van der Waals surface area contributed by atoms with Gasteiger partial charge in [0.2, 0.25) is 0 Å². The lowest BCUT2D eigenvalue weighted by molar-refractivity contribution is 0.124. The van der Waals surface area contributed by atoms with E-state index in [0.717, 1.165) is 53.4 Å². The lowest BCUT2D eigenvalue weighted by Crippen LogP contribution is -2.37. The van der Waals surface area contributed by atoms with Gasteiger partial charge in [0.05, 0.1) is 5.69 Å². The third-order valence-electron chi connectivity index (χ3n) is 6.43. The van der Waals surface area contributed by atoms with Crippen LogP contribution in [-0.2, 0) is 5.60 Å². The lowest BCUT2D eigenvalue weighted by Gasteiger charge is -2.42. The van der Waals surface area contributed by atoms with Crippen LogP contribution in [0.5, 0.6) is 5.75 Å². The van der Waals surface area contributed by atoms with Crippen LogP contribution in [0.4, 0.5) is 11.4 Å². The molecule has 1 saturated heterocycles. The minimum absolute atomic E-state index is 0.649. The van der Waals surface area contributed by atoms with Crippen LogP contribution in [0, 0.1) is 0 Å². The predicted octanol–water partition coefficient (Wildman–Crippen LogP) is 4.53. The fourth-order valence-electron chi connectivity index (χ4n) is 4.90. The van der Waals surface area contributed by atoms with Crippen LogP contribution in [0.1, 0.15) is 29.5 Å². The van der Waals surface area contributed by atoms with Gasteiger partial charge in [-0.15, -0.1) is 0 Å². The van der Waals surface area contributed by atoms with Crippen LogP contribution in [-0.4, -0.2) is 43.3 Å². The highest BCUT2D eigenvalue weighted by atomic mass is 16.5. The molecule has 0 saturated carbocycles. The molecule has 154 valence electrons. The molecular formula is C26H28N2O2. The molecule has 4 nitrogen and oxygen atoms in total. The molecule has 2 aliphatic heterocycles. The van der Waals surface area contributed by atoms with Crippen molar-refractivity contribution >= 4 is 11.4 Å². The molecule has 0 aliphatic carbocycles. The van der Waals surface area contributed by atoms with Crippen molar-refractivity contribution in [2.24, 2.45) is 0 Å². The average molecular weight is 401 g/mol. The minimum atomic E-state index is -1.23. The summed E-state index contributed by atoms with van der Waals surface area (Å²) in [7, 11) is 2.05. The summed E-state index contributed by atoms with van der Waals surface area (Å²) in [4.78, 5) is 4.60. The Morgan fingerprint density at radius 2 is 1.57 bits per heavy atom. The van der Waals surface area contributed by atoms with Crippen LogP contribution in [0.25, 0.3) is 0 Å². The summed E-state index contributed by atoms with van der Waals surface area (Å²) in [6.45, 7) is 3.91. The normalized spacial score (nSPS) is 20.7. The van der Waals surface area contributed by atoms with Crippen LogP contribution in [0.2, 0.25) is 0 Å². The zero-order valence-corrected chi connectivity index (χ0v) is 17.4. The Balaban J connectivity index is 1.58. The van der Waals surface area contributed by atoms with Gasteiger partial charge in [0.15, 0.2) is 0 Å². The molecule has 1 fully saturated rings. The summed E-state index contributed by atoms with van der Waals surface area (Å²) in [5.41, 5.74) is 3.31. The number of ether oxygens (including phenoxy) is 1. The van der Waals surface area contributed by atoms with Gasteiger partial charge in [-0.2, -0.15) is 0 Å². The molecule has 0 aromatic heterocycles. The Bertz CT molecular complexity index is 1030. The van der Waals surface area contributed by atoms with Gasteiger partial charge in [-0.25, -0.2) is 0 Å². The maximum atomic E-state index is 12.2. The molecule has 1 atom stereocenters. The van der Waals surface area contributed by atoms with Crippen molar-refractivity contribution in [3.8, 4) is 5.75 Å². The highest BCUT2D eigenvalue weighted by Gasteiger charge is 2.43. The van der Waals surface area contributed by atoms with Crippen molar-refractivity contribution in [1.29, 1.82) is 0 Å². The van der Waals surface area contributed by atoms with Crippen molar-refractivity contribution in [2.75, 3.05) is 38.2 Å². The van der Waals surface area contributed by atoms with E-state index in [1.165, 1.54) is 12.8 Å². The molecule has 0 radical (unpaired) electrons. The van der Waals surface area contributed by atoms with E-state index in [0.29, 0.717) is 6.61 Å². The number of hydrogen-bond acceptors (Lipinski definition) is 4. The van der Waals surface area contributed by atoms with Gasteiger partial charge in [0, 0.05) is 30.4 Å². The zero-order chi connectivity index (χ0) is 20.6. The summed E-state index contributed by atoms with van der Waals surface area (Å²) in [6.07, 6.45) is 2.56. The van der Waals surface area contributed by atoms with Crippen molar-refractivity contribution < 1.29 is 9.84 Å². The average Bonchev–Trinajstić information content (AvgIpc) is 3.31. The second-order valence-corrected chi connectivity index (χ2v) is 8.20. The van der Waals surface area contributed by atoms with Crippen molar-refractivity contribution in [1.82, 2.24) is 4.90 Å². The highest BCUT2D eigenvalue weighted by Crippen LogP contribution is 2.53. The molecule has 4 heteroatoms. The molecule has 2 aliphatic rings. The Morgan fingerprint density at radius 3 is 2.37 bits per heavy atom. The predicted molar refractivity (Wildman–Crippen MR) is 121 cm³/mol. The first-order valence-corrected chi connectivity index (χ1v) is 10.8. The molecule has 0 spiro atoms. The van der Waals surface area contributed by atoms with Crippen LogP contribution >= 0.6 is 0 Å². The third-order valence-corrected chi connectivity index (χ3v) is 6.43. The Hall–Kier alpha value is -2.82. The largest absolute Gasteiger partial charge is 0.490 e. The highest BCUT2D eigenvalue weighted by molar-refractivity contribution is 5.82. The third kappa shape index (κ3) is 3.08. The quantitative estimate of drug-likeness (QED) is 0.683. The number of nitrogens with zero attached hydrogens (tertiary/aromatic N) is 2. The first kappa shape index (κ1) is 19.2. The van der Waals surface area contributed by atoms with E-state index in [4.69, 9.17) is 4.74 Å². The molecule has 3 aromatic rings. The Morgan fingerprint density at radius 1 is 0.867 bits per heavy atom. The molecule has 30 heavy (non-hydrogen) atoms. The molecule has 0 amide bonds. The van der Waals surface area contributed by atoms with Crippen LogP contribution < -0.4 is 9.64 Å². The number of aliphatic hydroxyl groups is 1. The molecule has 3 aromatic carbocycles. The molecular weight excluding hydrogens is 372 g/mol. The summed E-state index contributed by atoms with van der Waals surface area (Å²) in [5, 5.41) is 12.2. The van der Waals surface area contributed by atoms with Crippen molar-refractivity contribution in [3.05, 3.63) is 89.5 Å². The van der Waals surface area contributed by atoms with Gasteiger partial charge < -0.3 is 14.7 Å². The molecule has 0 bridgehead atoms. The van der Waals surface area contributed by atoms with E-state index >= 15 is 0 Å². The first-order valence-electron chi connectivity index (χ1n) is 10.8. The standard InChI is InChI=1S/C26H28N2O2/c1-27-23-14-6-5-12-21(23)26(29,20-10-3-2-4-11-20)22-13-9-15-24(25(22)27)30-19-18-28-16-7-8-17-28/h2-6,9-15,29H,7-8,16-19H2,1H3. The van der Waals surface area contributed by atoms with E-state index in [-0.39, 0.29) is 0 Å². The van der Waals surface area contributed by atoms with E-state index in [2.05, 4.69) is 22.9 Å². The number of para-hydroxylation sites is 2. The molecule has 5 rings (SSSR count). The maximum absolute atomic E-state index is 12.2. The van der Waals surface area contributed by atoms with Crippen molar-refractivity contribution in [3.63, 3.8) is 0 Å². The van der Waals surface area contributed by atoms with Crippen molar-refractivity contribution in [2.45, 2.75) is 18.4 Å². The fraction of sp³-hybridized carbons (Fsp3) is 0.308.